The molecule has 0 spiro atoms. The lowest BCUT2D eigenvalue weighted by atomic mass is 9.93. The predicted octanol–water partition coefficient (Wildman–Crippen LogP) is 7.46. The summed E-state index contributed by atoms with van der Waals surface area (Å²) in [6.45, 7) is 7.76. The lowest BCUT2D eigenvalue weighted by Crippen LogP contribution is -2.31. The Balaban J connectivity index is 1.52. The third-order valence-corrected chi connectivity index (χ3v) is 9.94. The van der Waals surface area contributed by atoms with Crippen molar-refractivity contribution in [2.45, 2.75) is 49.7 Å². The number of rotatable bonds is 8. The second kappa shape index (κ2) is 11.2. The number of carbonyl (C=O) groups is 2. The lowest BCUT2D eigenvalue weighted by molar-refractivity contribution is -0.117. The van der Waals surface area contributed by atoms with Crippen LogP contribution in [0.2, 0.25) is 5.02 Å². The Morgan fingerprint density at radius 3 is 2.46 bits per heavy atom. The van der Waals surface area contributed by atoms with Crippen molar-refractivity contribution in [3.05, 3.63) is 97.2 Å². The van der Waals surface area contributed by atoms with Crippen LogP contribution in [-0.4, -0.2) is 32.0 Å². The van der Waals surface area contributed by atoms with E-state index >= 15 is 0 Å². The molecule has 0 saturated carbocycles. The van der Waals surface area contributed by atoms with Gasteiger partial charge in [-0.3, -0.25) is 14.5 Å². The fourth-order valence-corrected chi connectivity index (χ4v) is 7.42. The molecule has 2 aromatic carbocycles. The van der Waals surface area contributed by atoms with Gasteiger partial charge in [0.15, 0.2) is 10.1 Å². The summed E-state index contributed by atoms with van der Waals surface area (Å²) in [6, 6.07) is 14.5. The first-order valence-corrected chi connectivity index (χ1v) is 15.2. The normalized spacial score (nSPS) is 15.6. The highest BCUT2D eigenvalue weighted by Crippen LogP contribution is 2.44. The van der Waals surface area contributed by atoms with Crippen LogP contribution in [0.4, 0.5) is 5.13 Å². The quantitative estimate of drug-likeness (QED) is 0.128. The minimum atomic E-state index is -0.859. The van der Waals surface area contributed by atoms with Gasteiger partial charge in [0.25, 0.3) is 5.91 Å². The number of Topliss-reactive ketones (excluding diaryl/α,β-unsaturated/α-hetero) is 1. The fourth-order valence-electron chi connectivity index (χ4n) is 4.39. The van der Waals surface area contributed by atoms with E-state index in [-0.39, 0.29) is 5.57 Å². The summed E-state index contributed by atoms with van der Waals surface area (Å²) >= 11 is 10.2. The standard InChI is InChI=1S/C28H25ClN4O3S3/c1-14(2)17-9-11-18(12-10-17)22-21(23(34)25-15(3)30-16(4)38-25)24(35)26(36)33(22)27-31-32-28(39-27)37-13-19-7-5-6-8-20(19)29/h5-12,14,22,35H,13H2,1-4H3. The molecule has 1 N–H and O–H groups in total. The van der Waals surface area contributed by atoms with Gasteiger partial charge in [-0.2, -0.15) is 0 Å². The number of carbonyl (C=O) groups excluding carboxylic acids is 2. The molecule has 0 aliphatic carbocycles. The molecule has 1 unspecified atom stereocenters. The highest BCUT2D eigenvalue weighted by atomic mass is 35.5. The minimum Gasteiger partial charge on any atom is -0.503 e. The van der Waals surface area contributed by atoms with E-state index < -0.39 is 23.5 Å². The van der Waals surface area contributed by atoms with E-state index in [0.717, 1.165) is 16.1 Å². The van der Waals surface area contributed by atoms with Gasteiger partial charge in [-0.05, 0) is 42.5 Å². The molecular weight excluding hydrogens is 572 g/mol. The number of thiazole rings is 1. The molecule has 0 bridgehead atoms. The van der Waals surface area contributed by atoms with Crippen molar-refractivity contribution in [1.29, 1.82) is 0 Å². The van der Waals surface area contributed by atoms with Crippen LogP contribution in [-0.2, 0) is 10.5 Å². The van der Waals surface area contributed by atoms with Crippen molar-refractivity contribution < 1.29 is 14.7 Å². The van der Waals surface area contributed by atoms with Crippen molar-refractivity contribution in [1.82, 2.24) is 15.2 Å². The average Bonchev–Trinajstić information content (AvgIpc) is 3.59. The number of halogens is 1. The molecule has 1 aliphatic heterocycles. The molecule has 39 heavy (non-hydrogen) atoms. The molecular formula is C28H25ClN4O3S3. The van der Waals surface area contributed by atoms with Crippen LogP contribution in [0, 0.1) is 13.8 Å². The molecule has 1 amide bonds. The molecule has 7 nitrogen and oxygen atoms in total. The largest absolute Gasteiger partial charge is 0.503 e. The number of aliphatic hydroxyl groups excluding tert-OH is 1. The zero-order valence-corrected chi connectivity index (χ0v) is 24.8. The molecule has 4 aromatic rings. The van der Waals surface area contributed by atoms with Gasteiger partial charge in [0.2, 0.25) is 10.9 Å². The molecule has 0 saturated heterocycles. The Labute approximate surface area is 243 Å². The third-order valence-electron chi connectivity index (χ3n) is 6.39. The van der Waals surface area contributed by atoms with Gasteiger partial charge in [0.1, 0.15) is 0 Å². The molecule has 1 aliphatic rings. The SMILES string of the molecule is Cc1nc(C)c(C(=O)C2=C(O)C(=O)N(c3nnc(SCc4ccccc4Cl)s3)C2c2ccc(C(C)C)cc2)s1. The summed E-state index contributed by atoms with van der Waals surface area (Å²) < 4.78 is 0.639. The molecule has 200 valence electrons. The Morgan fingerprint density at radius 2 is 1.82 bits per heavy atom. The van der Waals surface area contributed by atoms with Crippen LogP contribution in [0.5, 0.6) is 0 Å². The van der Waals surface area contributed by atoms with Crippen LogP contribution in [0.1, 0.15) is 62.9 Å². The van der Waals surface area contributed by atoms with E-state index in [0.29, 0.717) is 42.3 Å². The van der Waals surface area contributed by atoms with Crippen molar-refractivity contribution in [2.24, 2.45) is 0 Å². The number of hydrogen-bond donors (Lipinski definition) is 1. The molecule has 3 heterocycles. The Morgan fingerprint density at radius 1 is 1.10 bits per heavy atom. The van der Waals surface area contributed by atoms with Gasteiger partial charge < -0.3 is 5.11 Å². The van der Waals surface area contributed by atoms with Crippen LogP contribution in [0.3, 0.4) is 0 Å². The van der Waals surface area contributed by atoms with Crippen LogP contribution >= 0.6 is 46.0 Å². The first-order chi connectivity index (χ1) is 18.7. The van der Waals surface area contributed by atoms with Crippen molar-refractivity contribution in [3.8, 4) is 0 Å². The van der Waals surface area contributed by atoms with Gasteiger partial charge in [-0.25, -0.2) is 4.98 Å². The third kappa shape index (κ3) is 5.38. The monoisotopic (exact) mass is 596 g/mol. The topological polar surface area (TPSA) is 96.3 Å². The Bertz CT molecular complexity index is 1590. The highest BCUT2D eigenvalue weighted by molar-refractivity contribution is 8.00. The summed E-state index contributed by atoms with van der Waals surface area (Å²) in [5.74, 6) is -0.784. The van der Waals surface area contributed by atoms with Crippen molar-refractivity contribution in [2.75, 3.05) is 4.90 Å². The summed E-state index contributed by atoms with van der Waals surface area (Å²) in [7, 11) is 0. The van der Waals surface area contributed by atoms with Gasteiger partial charge in [-0.15, -0.1) is 21.5 Å². The van der Waals surface area contributed by atoms with Gasteiger partial charge in [-0.1, -0.05) is 91.0 Å². The molecule has 2 aromatic heterocycles. The number of benzene rings is 2. The van der Waals surface area contributed by atoms with E-state index in [9.17, 15) is 14.7 Å². The zero-order valence-electron chi connectivity index (χ0n) is 21.6. The van der Waals surface area contributed by atoms with Gasteiger partial charge in [0, 0.05) is 10.8 Å². The molecule has 1 atom stereocenters. The smallest absolute Gasteiger partial charge is 0.296 e. The first-order valence-electron chi connectivity index (χ1n) is 12.2. The van der Waals surface area contributed by atoms with E-state index in [1.165, 1.54) is 39.3 Å². The summed E-state index contributed by atoms with van der Waals surface area (Å²) in [6.07, 6.45) is 0. The number of aromatic nitrogens is 3. The van der Waals surface area contributed by atoms with Gasteiger partial charge in [0.05, 0.1) is 27.2 Å². The van der Waals surface area contributed by atoms with E-state index in [4.69, 9.17) is 11.6 Å². The number of amides is 1. The second-order valence-electron chi connectivity index (χ2n) is 9.37. The number of anilines is 1. The summed E-state index contributed by atoms with van der Waals surface area (Å²) in [5, 5.41) is 21.3. The summed E-state index contributed by atoms with van der Waals surface area (Å²) in [4.78, 5) is 33.4. The number of aryl methyl sites for hydroxylation is 2. The average molecular weight is 597 g/mol. The number of hydrogen-bond acceptors (Lipinski definition) is 9. The number of ketones is 1. The summed E-state index contributed by atoms with van der Waals surface area (Å²) in [5.41, 5.74) is 3.36. The van der Waals surface area contributed by atoms with Crippen LogP contribution in [0.25, 0.3) is 0 Å². The van der Waals surface area contributed by atoms with Crippen LogP contribution < -0.4 is 4.90 Å². The van der Waals surface area contributed by atoms with E-state index in [2.05, 4.69) is 29.0 Å². The van der Waals surface area contributed by atoms with Crippen LogP contribution in [0.15, 0.2) is 64.2 Å². The lowest BCUT2D eigenvalue weighted by Gasteiger charge is -2.24. The second-order valence-corrected chi connectivity index (χ2v) is 13.2. The highest BCUT2D eigenvalue weighted by Gasteiger charge is 2.46. The van der Waals surface area contributed by atoms with E-state index in [1.807, 2.05) is 55.5 Å². The molecule has 0 fully saturated rings. The van der Waals surface area contributed by atoms with Crippen molar-refractivity contribution in [3.63, 3.8) is 0 Å². The van der Waals surface area contributed by atoms with Crippen molar-refractivity contribution >= 4 is 62.9 Å². The molecule has 5 rings (SSSR count). The number of thioether (sulfide) groups is 1. The fraction of sp³-hybridized carbons (Fsp3) is 0.250. The first kappa shape index (κ1) is 27.5. The molecule has 11 heteroatoms. The maximum Gasteiger partial charge on any atom is 0.296 e. The number of nitrogens with zero attached hydrogens (tertiary/aromatic N) is 4. The minimum absolute atomic E-state index is 0.0181. The predicted molar refractivity (Wildman–Crippen MR) is 157 cm³/mol. The number of aliphatic hydroxyl groups is 1. The molecule has 0 radical (unpaired) electrons. The Hall–Kier alpha value is -3.05. The Kier molecular flexibility index (Phi) is 7.91. The van der Waals surface area contributed by atoms with Gasteiger partial charge >= 0.3 is 0 Å². The van der Waals surface area contributed by atoms with E-state index in [1.54, 1.807) is 6.92 Å². The zero-order chi connectivity index (χ0) is 27.8. The maximum absolute atomic E-state index is 13.8. The maximum atomic E-state index is 13.8.